The molecule has 2 heterocycles. The Morgan fingerprint density at radius 1 is 1.24 bits per heavy atom. The molecule has 0 radical (unpaired) electrons. The van der Waals surface area contributed by atoms with Gasteiger partial charge in [-0.05, 0) is 45.2 Å². The predicted octanol–water partition coefficient (Wildman–Crippen LogP) is 4.20. The topological polar surface area (TPSA) is 99.2 Å². The van der Waals surface area contributed by atoms with Gasteiger partial charge in [0, 0.05) is 12.3 Å². The fourth-order valence-corrected chi connectivity index (χ4v) is 6.12. The number of imide groups is 1. The number of carbonyl (C=O) groups is 2. The van der Waals surface area contributed by atoms with Gasteiger partial charge in [-0.2, -0.15) is 0 Å². The molecular weight excluding hydrogens is 446 g/mol. The highest BCUT2D eigenvalue weighted by molar-refractivity contribution is 7.91. The van der Waals surface area contributed by atoms with E-state index in [9.17, 15) is 18.0 Å². The highest BCUT2D eigenvalue weighted by Gasteiger charge is 2.46. The van der Waals surface area contributed by atoms with Gasteiger partial charge in [0.1, 0.15) is 11.7 Å². The van der Waals surface area contributed by atoms with Crippen LogP contribution >= 0.6 is 0 Å². The second kappa shape index (κ2) is 9.85. The van der Waals surface area contributed by atoms with Crippen LogP contribution in [0.4, 0.5) is 9.59 Å². The smallest absolute Gasteiger partial charge is 0.419 e. The first-order chi connectivity index (χ1) is 15.4. The zero-order valence-corrected chi connectivity index (χ0v) is 20.4. The third-order valence-electron chi connectivity index (χ3n) is 5.99. The third kappa shape index (κ3) is 6.14. The first kappa shape index (κ1) is 25.2. The summed E-state index contributed by atoms with van der Waals surface area (Å²) in [5.41, 5.74) is -0.728. The predicted molar refractivity (Wildman–Crippen MR) is 122 cm³/mol. The van der Waals surface area contributed by atoms with Crippen molar-refractivity contribution >= 4 is 22.0 Å². The summed E-state index contributed by atoms with van der Waals surface area (Å²) in [4.78, 5) is 25.7. The maximum absolute atomic E-state index is 13.0. The summed E-state index contributed by atoms with van der Waals surface area (Å²) in [5.74, 6) is -0.373. The molecule has 1 aromatic rings. The van der Waals surface area contributed by atoms with Crippen molar-refractivity contribution in [3.8, 4) is 0 Å². The Balaban J connectivity index is 1.68. The maximum Gasteiger partial charge on any atom is 0.419 e. The Morgan fingerprint density at radius 3 is 2.52 bits per heavy atom. The van der Waals surface area contributed by atoms with Crippen LogP contribution in [0.2, 0.25) is 0 Å². The highest BCUT2D eigenvalue weighted by Crippen LogP contribution is 2.39. The van der Waals surface area contributed by atoms with Crippen LogP contribution in [0.5, 0.6) is 0 Å². The number of hydrogen-bond donors (Lipinski definition) is 0. The number of benzene rings is 1. The lowest BCUT2D eigenvalue weighted by Gasteiger charge is -2.22. The molecule has 9 heteroatoms. The molecule has 5 atom stereocenters. The third-order valence-corrected chi connectivity index (χ3v) is 7.80. The van der Waals surface area contributed by atoms with E-state index in [1.165, 1.54) is 0 Å². The number of amides is 2. The molecule has 3 rings (SSSR count). The fraction of sp³-hybridized carbons (Fsp3) is 0.583. The van der Waals surface area contributed by atoms with Crippen LogP contribution in [0.1, 0.15) is 40.5 Å². The molecule has 0 unspecified atom stereocenters. The Hall–Kier alpha value is -2.39. The highest BCUT2D eigenvalue weighted by atomic mass is 32.2. The van der Waals surface area contributed by atoms with E-state index in [0.29, 0.717) is 12.8 Å². The van der Waals surface area contributed by atoms with Gasteiger partial charge in [-0.3, -0.25) is 0 Å². The van der Waals surface area contributed by atoms with Crippen molar-refractivity contribution in [3.05, 3.63) is 43.0 Å². The van der Waals surface area contributed by atoms with E-state index in [0.717, 1.165) is 4.90 Å². The average Bonchev–Trinajstić information content (AvgIpc) is 3.22. The molecule has 1 aromatic carbocycles. The van der Waals surface area contributed by atoms with E-state index in [-0.39, 0.29) is 41.2 Å². The number of ether oxygens (including phenoxy) is 3. The molecular formula is C24H33NO7S. The van der Waals surface area contributed by atoms with E-state index in [4.69, 9.17) is 14.2 Å². The first-order valence-electron chi connectivity index (χ1n) is 11.2. The van der Waals surface area contributed by atoms with Gasteiger partial charge in [0.05, 0.1) is 29.4 Å². The summed E-state index contributed by atoms with van der Waals surface area (Å²) in [5, 5.41) is 0. The summed E-state index contributed by atoms with van der Waals surface area (Å²) < 4.78 is 42.9. The van der Waals surface area contributed by atoms with Crippen LogP contribution in [0.3, 0.4) is 0 Å². The van der Waals surface area contributed by atoms with E-state index in [2.05, 4.69) is 6.58 Å². The SMILES string of the molecule is C=CC[C@@H]1O[C@H](C[C@H]2CN(C(=O)OC(C)(C)C)C(=O)O2)[C@H](C)[C@H]1CS(=O)(=O)c1ccccc1. The van der Waals surface area contributed by atoms with Gasteiger partial charge in [0.2, 0.25) is 0 Å². The van der Waals surface area contributed by atoms with Crippen molar-refractivity contribution in [3.63, 3.8) is 0 Å². The van der Waals surface area contributed by atoms with Crippen LogP contribution in [0, 0.1) is 11.8 Å². The summed E-state index contributed by atoms with van der Waals surface area (Å²) >= 11 is 0. The molecule has 2 amide bonds. The summed E-state index contributed by atoms with van der Waals surface area (Å²) in [6, 6.07) is 8.38. The van der Waals surface area contributed by atoms with Crippen LogP contribution in [-0.2, 0) is 24.0 Å². The van der Waals surface area contributed by atoms with E-state index < -0.39 is 33.7 Å². The zero-order chi connectivity index (χ0) is 24.4. The number of rotatable bonds is 7. The van der Waals surface area contributed by atoms with Crippen molar-refractivity contribution in [1.29, 1.82) is 0 Å². The van der Waals surface area contributed by atoms with Gasteiger partial charge in [-0.15, -0.1) is 6.58 Å². The quantitative estimate of drug-likeness (QED) is 0.540. The monoisotopic (exact) mass is 479 g/mol. The van der Waals surface area contributed by atoms with Crippen molar-refractivity contribution in [2.75, 3.05) is 12.3 Å². The Labute approximate surface area is 195 Å². The lowest BCUT2D eigenvalue weighted by Crippen LogP contribution is -2.38. The molecule has 2 fully saturated rings. The summed E-state index contributed by atoms with van der Waals surface area (Å²) in [7, 11) is -3.49. The second-order valence-electron chi connectivity index (χ2n) is 9.69. The lowest BCUT2D eigenvalue weighted by molar-refractivity contribution is 0.00625. The van der Waals surface area contributed by atoms with E-state index in [1.807, 2.05) is 6.92 Å². The first-order valence-corrected chi connectivity index (χ1v) is 12.8. The van der Waals surface area contributed by atoms with Gasteiger partial charge in [-0.25, -0.2) is 22.9 Å². The van der Waals surface area contributed by atoms with Crippen molar-refractivity contribution in [1.82, 2.24) is 4.90 Å². The van der Waals surface area contributed by atoms with Crippen LogP contribution in [0.25, 0.3) is 0 Å². The Bertz CT molecular complexity index is 970. The molecule has 0 aromatic heterocycles. The molecule has 0 aliphatic carbocycles. The van der Waals surface area contributed by atoms with Gasteiger partial charge >= 0.3 is 12.2 Å². The molecule has 33 heavy (non-hydrogen) atoms. The largest absolute Gasteiger partial charge is 0.444 e. The molecule has 0 saturated carbocycles. The van der Waals surface area contributed by atoms with Gasteiger partial charge in [0.25, 0.3) is 0 Å². The number of cyclic esters (lactones) is 1. The summed E-state index contributed by atoms with van der Waals surface area (Å²) in [6.45, 7) is 11.0. The van der Waals surface area contributed by atoms with Crippen molar-refractivity contribution in [2.45, 2.75) is 69.3 Å². The maximum atomic E-state index is 13.0. The van der Waals surface area contributed by atoms with Crippen LogP contribution < -0.4 is 0 Å². The molecule has 0 spiro atoms. The van der Waals surface area contributed by atoms with Gasteiger partial charge in [-0.1, -0.05) is 31.2 Å². The molecule has 0 bridgehead atoms. The minimum atomic E-state index is -3.49. The standard InChI is InChI=1S/C24H33NO7S/c1-6-10-20-19(15-33(28,29)18-11-8-7-9-12-18)16(2)21(31-20)13-17-14-25(22(26)30-17)23(27)32-24(3,4)5/h6-9,11-12,16-17,19-21H,1,10,13-15H2,2-5H3/t16-,17+,19-,20+,21-/m1/s1. The normalized spacial score (nSPS) is 27.9. The molecule has 2 aliphatic rings. The van der Waals surface area contributed by atoms with Gasteiger partial charge < -0.3 is 14.2 Å². The summed E-state index contributed by atoms with van der Waals surface area (Å²) in [6.07, 6.45) is -0.0560. The van der Waals surface area contributed by atoms with Gasteiger partial charge in [0.15, 0.2) is 9.84 Å². The van der Waals surface area contributed by atoms with Crippen LogP contribution in [-0.4, -0.2) is 61.7 Å². The fourth-order valence-electron chi connectivity index (χ4n) is 4.33. The van der Waals surface area contributed by atoms with Crippen LogP contribution in [0.15, 0.2) is 47.9 Å². The number of carbonyl (C=O) groups excluding carboxylic acids is 2. The molecule has 2 saturated heterocycles. The molecule has 8 nitrogen and oxygen atoms in total. The molecule has 2 aliphatic heterocycles. The number of hydrogen-bond acceptors (Lipinski definition) is 7. The zero-order valence-electron chi connectivity index (χ0n) is 19.6. The lowest BCUT2D eigenvalue weighted by atomic mass is 9.87. The minimum absolute atomic E-state index is 0.0400. The van der Waals surface area contributed by atoms with E-state index in [1.54, 1.807) is 57.2 Å². The Morgan fingerprint density at radius 2 is 1.91 bits per heavy atom. The second-order valence-corrected chi connectivity index (χ2v) is 11.7. The molecule has 182 valence electrons. The number of sulfone groups is 1. The minimum Gasteiger partial charge on any atom is -0.444 e. The Kier molecular flexibility index (Phi) is 7.53. The average molecular weight is 480 g/mol. The van der Waals surface area contributed by atoms with E-state index >= 15 is 0 Å². The number of nitrogens with zero attached hydrogens (tertiary/aromatic N) is 1. The van der Waals surface area contributed by atoms with Crippen molar-refractivity contribution in [2.24, 2.45) is 11.8 Å². The molecule has 0 N–H and O–H groups in total. The van der Waals surface area contributed by atoms with Crippen molar-refractivity contribution < 1.29 is 32.2 Å².